The minimum atomic E-state index is -0.688. The van der Waals surface area contributed by atoms with E-state index in [4.69, 9.17) is 34.8 Å². The lowest BCUT2D eigenvalue weighted by Crippen LogP contribution is -2.18. The predicted octanol–water partition coefficient (Wildman–Crippen LogP) is 3.45. The van der Waals surface area contributed by atoms with E-state index in [1.807, 2.05) is 0 Å². The summed E-state index contributed by atoms with van der Waals surface area (Å²) in [5, 5.41) is 44.9. The van der Waals surface area contributed by atoms with Crippen molar-refractivity contribution in [2.45, 2.75) is 6.92 Å². The van der Waals surface area contributed by atoms with Gasteiger partial charge in [-0.05, 0) is 19.1 Å². The van der Waals surface area contributed by atoms with E-state index in [0.717, 1.165) is 0 Å². The van der Waals surface area contributed by atoms with E-state index in [2.05, 4.69) is 5.32 Å². The van der Waals surface area contributed by atoms with Crippen LogP contribution in [0.3, 0.4) is 0 Å². The van der Waals surface area contributed by atoms with Crippen molar-refractivity contribution >= 4 is 46.3 Å². The Balaban J connectivity index is 2.69. The summed E-state index contributed by atoms with van der Waals surface area (Å²) >= 11 is 17.4. The molecule has 0 spiro atoms. The molecule has 6 nitrogen and oxygen atoms in total. The fourth-order valence-corrected chi connectivity index (χ4v) is 2.51. The molecule has 0 bridgehead atoms. The SMILES string of the molecule is CC1=C(Cl)NC(=C(O)c2cc(Cl)cc(Cl)c2O)C1=[N+]([O-])[O-]. The average molecular weight is 351 g/mol. The summed E-state index contributed by atoms with van der Waals surface area (Å²) in [5.41, 5.74) is -0.617. The van der Waals surface area contributed by atoms with Crippen LogP contribution in [0.15, 0.2) is 28.6 Å². The van der Waals surface area contributed by atoms with E-state index in [-0.39, 0.29) is 32.0 Å². The maximum absolute atomic E-state index is 11.1. The van der Waals surface area contributed by atoms with Crippen molar-refractivity contribution in [3.8, 4) is 5.75 Å². The largest absolute Gasteiger partial charge is 0.612 e. The monoisotopic (exact) mass is 349 g/mol. The van der Waals surface area contributed by atoms with Gasteiger partial charge in [-0.2, -0.15) is 4.90 Å². The molecule has 9 heteroatoms. The molecule has 0 amide bonds. The van der Waals surface area contributed by atoms with Crippen LogP contribution in [-0.2, 0) is 0 Å². The van der Waals surface area contributed by atoms with Gasteiger partial charge in [0.25, 0.3) is 5.71 Å². The van der Waals surface area contributed by atoms with Gasteiger partial charge >= 0.3 is 0 Å². The van der Waals surface area contributed by atoms with Crippen molar-refractivity contribution in [2.75, 3.05) is 0 Å². The van der Waals surface area contributed by atoms with Crippen LogP contribution in [0.1, 0.15) is 12.5 Å². The lowest BCUT2D eigenvalue weighted by Gasteiger charge is -2.12. The smallest absolute Gasteiger partial charge is 0.256 e. The second kappa shape index (κ2) is 5.55. The number of nitrogens with one attached hydrogen (secondary N) is 1. The van der Waals surface area contributed by atoms with Crippen LogP contribution in [0.5, 0.6) is 5.75 Å². The highest BCUT2D eigenvalue weighted by Gasteiger charge is 2.32. The highest BCUT2D eigenvalue weighted by Crippen LogP contribution is 2.37. The van der Waals surface area contributed by atoms with Crippen molar-refractivity contribution in [3.05, 3.63) is 54.6 Å². The first kappa shape index (κ1) is 15.6. The van der Waals surface area contributed by atoms with Gasteiger partial charge in [-0.3, -0.25) is 0 Å². The molecule has 0 aliphatic carbocycles. The molecule has 0 saturated heterocycles. The summed E-state index contributed by atoms with van der Waals surface area (Å²) < 4.78 is 0. The zero-order valence-electron chi connectivity index (χ0n) is 10.4. The summed E-state index contributed by atoms with van der Waals surface area (Å²) in [4.78, 5) is -0.688. The Morgan fingerprint density at radius 1 is 1.24 bits per heavy atom. The Morgan fingerprint density at radius 3 is 2.43 bits per heavy atom. The van der Waals surface area contributed by atoms with Gasteiger partial charge in [0.05, 0.1) is 16.2 Å². The van der Waals surface area contributed by atoms with E-state index in [9.17, 15) is 20.6 Å². The number of hydrogen-bond donors (Lipinski definition) is 3. The summed E-state index contributed by atoms with van der Waals surface area (Å²) in [5.74, 6) is -1.03. The molecule has 1 aromatic carbocycles. The van der Waals surface area contributed by atoms with Gasteiger partial charge in [0.1, 0.15) is 10.9 Å². The highest BCUT2D eigenvalue weighted by molar-refractivity contribution is 6.37. The van der Waals surface area contributed by atoms with Gasteiger partial charge in [-0.15, -0.1) is 0 Å². The molecule has 0 fully saturated rings. The molecule has 0 aromatic heterocycles. The maximum Gasteiger partial charge on any atom is 0.256 e. The molecule has 2 rings (SSSR count). The predicted molar refractivity (Wildman–Crippen MR) is 81.4 cm³/mol. The summed E-state index contributed by atoms with van der Waals surface area (Å²) in [6.45, 7) is 1.43. The molecule has 3 N–H and O–H groups in total. The molecular weight excluding hydrogens is 343 g/mol. The third-order valence-electron chi connectivity index (χ3n) is 2.86. The summed E-state index contributed by atoms with van der Waals surface area (Å²) in [6.07, 6.45) is 0. The zero-order chi connectivity index (χ0) is 15.9. The van der Waals surface area contributed by atoms with E-state index in [1.54, 1.807) is 0 Å². The Morgan fingerprint density at radius 2 is 1.86 bits per heavy atom. The molecule has 0 saturated carbocycles. The van der Waals surface area contributed by atoms with Crippen LogP contribution in [0.25, 0.3) is 5.76 Å². The Kier molecular flexibility index (Phi) is 4.13. The fraction of sp³-hybridized carbons (Fsp3) is 0.0833. The molecule has 0 radical (unpaired) electrons. The van der Waals surface area contributed by atoms with E-state index in [1.165, 1.54) is 19.1 Å². The number of aliphatic hydroxyl groups excluding tert-OH is 1. The van der Waals surface area contributed by atoms with Gasteiger partial charge in [-0.25, -0.2) is 0 Å². The van der Waals surface area contributed by atoms with Gasteiger partial charge in [0, 0.05) is 5.02 Å². The number of phenolic OH excluding ortho intramolecular Hbond substituents is 1. The Labute approximate surface area is 134 Å². The minimum Gasteiger partial charge on any atom is -0.612 e. The van der Waals surface area contributed by atoms with E-state index in [0.29, 0.717) is 0 Å². The van der Waals surface area contributed by atoms with Gasteiger partial charge in [0.15, 0.2) is 11.5 Å². The third-order valence-corrected chi connectivity index (χ3v) is 3.74. The van der Waals surface area contributed by atoms with Gasteiger partial charge in [0.2, 0.25) is 0 Å². The Bertz CT molecular complexity index is 721. The second-order valence-corrected chi connectivity index (χ2v) is 5.40. The molecule has 21 heavy (non-hydrogen) atoms. The lowest BCUT2D eigenvalue weighted by atomic mass is 10.1. The van der Waals surface area contributed by atoms with Crippen LogP contribution < -0.4 is 5.32 Å². The lowest BCUT2D eigenvalue weighted by molar-refractivity contribution is -0.377. The summed E-state index contributed by atoms with van der Waals surface area (Å²) in [7, 11) is 0. The fourth-order valence-electron chi connectivity index (χ4n) is 1.83. The quantitative estimate of drug-likeness (QED) is 0.312. The van der Waals surface area contributed by atoms with Crippen molar-refractivity contribution in [1.82, 2.24) is 5.32 Å². The van der Waals surface area contributed by atoms with Crippen molar-refractivity contribution in [3.63, 3.8) is 0 Å². The van der Waals surface area contributed by atoms with Crippen LogP contribution in [-0.4, -0.2) is 20.8 Å². The number of hydrogen-bond acceptors (Lipinski definition) is 5. The van der Waals surface area contributed by atoms with Crippen molar-refractivity contribution in [2.24, 2.45) is 0 Å². The first-order chi connectivity index (χ1) is 9.73. The number of phenols is 1. The number of benzene rings is 1. The molecule has 0 unspecified atom stereocenters. The number of allylic oxidation sites excluding steroid dienone is 1. The number of rotatable bonds is 1. The average Bonchev–Trinajstić information content (AvgIpc) is 2.69. The number of aromatic hydroxyl groups is 1. The molecule has 1 aromatic rings. The van der Waals surface area contributed by atoms with Gasteiger partial charge in [-0.1, -0.05) is 34.8 Å². The topological polar surface area (TPSA) is 102 Å². The minimum absolute atomic E-state index is 0.0101. The molecular formula is C12H8Cl3N2O4-. The number of aliphatic hydroxyl groups is 1. The first-order valence-electron chi connectivity index (χ1n) is 5.51. The third kappa shape index (κ3) is 2.70. The number of nitrogens with zero attached hydrogens (tertiary/aromatic N) is 1. The molecule has 0 atom stereocenters. The molecule has 112 valence electrons. The molecule has 1 heterocycles. The summed E-state index contributed by atoms with van der Waals surface area (Å²) in [6, 6.07) is 2.50. The van der Waals surface area contributed by atoms with Crippen LogP contribution >= 0.6 is 34.8 Å². The van der Waals surface area contributed by atoms with E-state index >= 15 is 0 Å². The standard InChI is InChI=1S/C12H8Cl3N2O4/c1-4-9(17(20)21)8(16-12(4)15)11(19)6-2-5(13)3-7(14)10(6)18/h2-3,16H,1H3,(H2-,18,19,20,21)/q-1. The molecule has 1 aliphatic heterocycles. The normalized spacial score (nSPS) is 17.0. The van der Waals surface area contributed by atoms with Crippen LogP contribution in [0.4, 0.5) is 0 Å². The van der Waals surface area contributed by atoms with Crippen LogP contribution in [0, 0.1) is 10.4 Å². The highest BCUT2D eigenvalue weighted by atomic mass is 35.5. The van der Waals surface area contributed by atoms with Crippen molar-refractivity contribution < 1.29 is 15.1 Å². The second-order valence-electron chi connectivity index (χ2n) is 4.18. The maximum atomic E-state index is 11.1. The number of halogens is 3. The van der Waals surface area contributed by atoms with Crippen molar-refractivity contribution in [1.29, 1.82) is 0 Å². The molecule has 1 aliphatic rings. The Hall–Kier alpha value is -1.76. The van der Waals surface area contributed by atoms with E-state index < -0.39 is 22.1 Å². The first-order valence-corrected chi connectivity index (χ1v) is 6.64. The van der Waals surface area contributed by atoms with Crippen LogP contribution in [0.2, 0.25) is 10.0 Å². The van der Waals surface area contributed by atoms with Gasteiger partial charge < -0.3 is 25.9 Å². The zero-order valence-corrected chi connectivity index (χ0v) is 12.7.